The second-order valence-electron chi connectivity index (χ2n) is 5.47. The van der Waals surface area contributed by atoms with Gasteiger partial charge in [-0.25, -0.2) is 0 Å². The third-order valence-electron chi connectivity index (χ3n) is 4.11. The molecule has 21 heavy (non-hydrogen) atoms. The first-order valence-corrected chi connectivity index (χ1v) is 7.99. The van der Waals surface area contributed by atoms with Crippen LogP contribution in [0.3, 0.4) is 0 Å². The number of nitrogens with one attached hydrogen (secondary N) is 1. The van der Waals surface area contributed by atoms with Crippen LogP contribution in [-0.2, 0) is 6.54 Å². The lowest BCUT2D eigenvalue weighted by Crippen LogP contribution is -2.43. The van der Waals surface area contributed by atoms with E-state index in [2.05, 4.69) is 56.4 Å². The van der Waals surface area contributed by atoms with E-state index in [1.807, 2.05) is 12.3 Å². The van der Waals surface area contributed by atoms with Crippen molar-refractivity contribution < 1.29 is 0 Å². The molecule has 114 valence electrons. The lowest BCUT2D eigenvalue weighted by molar-refractivity contribution is 0.188. The van der Waals surface area contributed by atoms with Crippen molar-refractivity contribution in [2.45, 2.75) is 25.4 Å². The highest BCUT2D eigenvalue weighted by Gasteiger charge is 2.19. The van der Waals surface area contributed by atoms with Gasteiger partial charge in [-0.1, -0.05) is 28.1 Å². The number of benzene rings is 1. The van der Waals surface area contributed by atoms with Gasteiger partial charge in [0.1, 0.15) is 0 Å². The normalized spacial score (nSPS) is 19.4. The quantitative estimate of drug-likeness (QED) is 0.894. The SMILES string of the molecule is CNC1CCCN(Cc2ccc(Br)c3cccnc23)C1.Cl. The lowest BCUT2D eigenvalue weighted by atomic mass is 10.0. The standard InChI is InChI=1S/C16H20BrN3.ClH/c1-18-13-4-3-9-20(11-13)10-12-6-7-15(17)14-5-2-8-19-16(12)14;/h2,5-8,13,18H,3-4,9-11H2,1H3;1H. The van der Waals surface area contributed by atoms with Crippen molar-refractivity contribution >= 4 is 39.2 Å². The fourth-order valence-corrected chi connectivity index (χ4v) is 3.45. The maximum Gasteiger partial charge on any atom is 0.0758 e. The number of hydrogen-bond donors (Lipinski definition) is 1. The van der Waals surface area contributed by atoms with E-state index in [9.17, 15) is 0 Å². The minimum Gasteiger partial charge on any atom is -0.316 e. The highest BCUT2D eigenvalue weighted by molar-refractivity contribution is 9.10. The van der Waals surface area contributed by atoms with Crippen LogP contribution in [0.25, 0.3) is 10.9 Å². The summed E-state index contributed by atoms with van der Waals surface area (Å²) in [5.41, 5.74) is 2.44. The van der Waals surface area contributed by atoms with Crippen LogP contribution in [0, 0.1) is 0 Å². The van der Waals surface area contributed by atoms with Crippen molar-refractivity contribution in [2.24, 2.45) is 0 Å². The van der Waals surface area contributed by atoms with Crippen LogP contribution in [0.1, 0.15) is 18.4 Å². The van der Waals surface area contributed by atoms with Gasteiger partial charge in [-0.2, -0.15) is 0 Å². The molecule has 1 N–H and O–H groups in total. The summed E-state index contributed by atoms with van der Waals surface area (Å²) in [7, 11) is 2.06. The van der Waals surface area contributed by atoms with Crippen molar-refractivity contribution in [2.75, 3.05) is 20.1 Å². The molecule has 1 fully saturated rings. The molecule has 0 saturated carbocycles. The van der Waals surface area contributed by atoms with Gasteiger partial charge in [0.15, 0.2) is 0 Å². The van der Waals surface area contributed by atoms with Crippen LogP contribution in [0.5, 0.6) is 0 Å². The van der Waals surface area contributed by atoms with Crippen LogP contribution >= 0.6 is 28.3 Å². The van der Waals surface area contributed by atoms with E-state index in [1.165, 1.54) is 30.3 Å². The molecule has 1 unspecified atom stereocenters. The number of aromatic nitrogens is 1. The Morgan fingerprint density at radius 2 is 2.24 bits per heavy atom. The number of nitrogens with zero attached hydrogens (tertiary/aromatic N) is 2. The number of likely N-dealkylation sites (tertiary alicyclic amines) is 1. The molecule has 0 bridgehead atoms. The molecular weight excluding hydrogens is 350 g/mol. The third kappa shape index (κ3) is 3.75. The fraction of sp³-hybridized carbons (Fsp3) is 0.438. The molecule has 3 rings (SSSR count). The van der Waals surface area contributed by atoms with Gasteiger partial charge < -0.3 is 5.32 Å². The van der Waals surface area contributed by atoms with Gasteiger partial charge in [-0.15, -0.1) is 12.4 Å². The van der Waals surface area contributed by atoms with Crippen LogP contribution in [0.4, 0.5) is 0 Å². The molecule has 1 aromatic heterocycles. The molecule has 1 aliphatic rings. The van der Waals surface area contributed by atoms with Crippen molar-refractivity contribution in [3.8, 4) is 0 Å². The Bertz CT molecular complexity index is 605. The number of pyridine rings is 1. The first-order chi connectivity index (χ1) is 9.78. The van der Waals surface area contributed by atoms with Crippen molar-refractivity contribution in [1.82, 2.24) is 15.2 Å². The second kappa shape index (κ2) is 7.54. The molecule has 0 radical (unpaired) electrons. The number of halogens is 2. The molecule has 3 nitrogen and oxygen atoms in total. The summed E-state index contributed by atoms with van der Waals surface area (Å²) in [6, 6.07) is 9.08. The Hall–Kier alpha value is -0.680. The van der Waals surface area contributed by atoms with E-state index >= 15 is 0 Å². The van der Waals surface area contributed by atoms with E-state index in [0.29, 0.717) is 6.04 Å². The van der Waals surface area contributed by atoms with Crippen molar-refractivity contribution in [1.29, 1.82) is 0 Å². The Balaban J connectivity index is 0.00000161. The summed E-state index contributed by atoms with van der Waals surface area (Å²) in [5.74, 6) is 0. The molecule has 2 aromatic rings. The first-order valence-electron chi connectivity index (χ1n) is 7.19. The Morgan fingerprint density at radius 3 is 3.05 bits per heavy atom. The smallest absolute Gasteiger partial charge is 0.0758 e. The summed E-state index contributed by atoms with van der Waals surface area (Å²) >= 11 is 3.61. The Labute approximate surface area is 140 Å². The summed E-state index contributed by atoms with van der Waals surface area (Å²) in [6.07, 6.45) is 4.44. The van der Waals surface area contributed by atoms with E-state index in [0.717, 1.165) is 23.1 Å². The van der Waals surface area contributed by atoms with Gasteiger partial charge >= 0.3 is 0 Å². The van der Waals surface area contributed by atoms with E-state index in [-0.39, 0.29) is 12.4 Å². The zero-order valence-corrected chi connectivity index (χ0v) is 14.6. The number of piperidine rings is 1. The Morgan fingerprint density at radius 1 is 1.38 bits per heavy atom. The van der Waals surface area contributed by atoms with Crippen LogP contribution in [0.2, 0.25) is 0 Å². The van der Waals surface area contributed by atoms with E-state index in [4.69, 9.17) is 0 Å². The molecule has 0 spiro atoms. The van der Waals surface area contributed by atoms with Gasteiger partial charge in [-0.05, 0) is 44.1 Å². The third-order valence-corrected chi connectivity index (χ3v) is 4.80. The molecular formula is C16H21BrClN3. The largest absolute Gasteiger partial charge is 0.316 e. The summed E-state index contributed by atoms with van der Waals surface area (Å²) in [6.45, 7) is 3.29. The van der Waals surface area contributed by atoms with Crippen molar-refractivity contribution in [3.05, 3.63) is 40.5 Å². The van der Waals surface area contributed by atoms with Gasteiger partial charge in [-0.3, -0.25) is 9.88 Å². The predicted octanol–water partition coefficient (Wildman–Crippen LogP) is 3.60. The average molecular weight is 371 g/mol. The lowest BCUT2D eigenvalue weighted by Gasteiger charge is -2.32. The van der Waals surface area contributed by atoms with Crippen LogP contribution in [0.15, 0.2) is 34.9 Å². The minimum atomic E-state index is 0. The highest BCUT2D eigenvalue weighted by Crippen LogP contribution is 2.26. The molecule has 0 amide bonds. The zero-order valence-electron chi connectivity index (χ0n) is 12.2. The molecule has 0 aliphatic carbocycles. The molecule has 5 heteroatoms. The zero-order chi connectivity index (χ0) is 13.9. The number of rotatable bonds is 3. The summed E-state index contributed by atoms with van der Waals surface area (Å²) in [5, 5.41) is 4.60. The molecule has 1 saturated heterocycles. The fourth-order valence-electron chi connectivity index (χ4n) is 3.00. The summed E-state index contributed by atoms with van der Waals surface area (Å²) in [4.78, 5) is 7.10. The van der Waals surface area contributed by atoms with Crippen molar-refractivity contribution in [3.63, 3.8) is 0 Å². The topological polar surface area (TPSA) is 28.2 Å². The van der Waals surface area contributed by atoms with Crippen LogP contribution in [-0.4, -0.2) is 36.1 Å². The molecule has 2 heterocycles. The second-order valence-corrected chi connectivity index (χ2v) is 6.32. The number of likely N-dealkylation sites (N-methyl/N-ethyl adjacent to an activating group) is 1. The molecule has 1 aliphatic heterocycles. The van der Waals surface area contributed by atoms with E-state index in [1.54, 1.807) is 0 Å². The maximum atomic E-state index is 4.57. The van der Waals surface area contributed by atoms with Gasteiger partial charge in [0.2, 0.25) is 0 Å². The minimum absolute atomic E-state index is 0. The average Bonchev–Trinajstić information content (AvgIpc) is 2.51. The van der Waals surface area contributed by atoms with Crippen LogP contribution < -0.4 is 5.32 Å². The van der Waals surface area contributed by atoms with Gasteiger partial charge in [0.05, 0.1) is 5.52 Å². The van der Waals surface area contributed by atoms with Gasteiger partial charge in [0.25, 0.3) is 0 Å². The summed E-state index contributed by atoms with van der Waals surface area (Å²) < 4.78 is 1.12. The highest BCUT2D eigenvalue weighted by atomic mass is 79.9. The monoisotopic (exact) mass is 369 g/mol. The molecule has 1 atom stereocenters. The number of fused-ring (bicyclic) bond motifs is 1. The maximum absolute atomic E-state index is 4.57. The Kier molecular flexibility index (Phi) is 5.99. The van der Waals surface area contributed by atoms with E-state index < -0.39 is 0 Å². The van der Waals surface area contributed by atoms with Gasteiger partial charge in [0, 0.05) is 35.2 Å². The predicted molar refractivity (Wildman–Crippen MR) is 94.0 cm³/mol. The number of hydrogen-bond acceptors (Lipinski definition) is 3. The first kappa shape index (κ1) is 16.7. The molecule has 1 aromatic carbocycles.